The normalized spacial score (nSPS) is 22.9. The molecule has 1 aliphatic rings. The Morgan fingerprint density at radius 1 is 1.32 bits per heavy atom. The standard InChI is InChI=1S/C13H21NO5/c1-3-19-11(16)7-6-10(15)14-8-4-5-9(2)12(14)13(17)18/h9,12H,3-8H2,1-2H3,(H,17,18). The van der Waals surface area contributed by atoms with Crippen LogP contribution in [0.3, 0.4) is 0 Å². The lowest BCUT2D eigenvalue weighted by molar-refractivity contribution is -0.155. The summed E-state index contributed by atoms with van der Waals surface area (Å²) in [6.45, 7) is 4.27. The molecule has 1 fully saturated rings. The summed E-state index contributed by atoms with van der Waals surface area (Å²) in [5, 5.41) is 9.20. The zero-order valence-electron chi connectivity index (χ0n) is 11.4. The predicted octanol–water partition coefficient (Wildman–Crippen LogP) is 1.04. The summed E-state index contributed by atoms with van der Waals surface area (Å²) >= 11 is 0. The first-order valence-electron chi connectivity index (χ1n) is 6.65. The maximum Gasteiger partial charge on any atom is 0.326 e. The number of aliphatic carboxylic acids is 1. The highest BCUT2D eigenvalue weighted by molar-refractivity contribution is 5.86. The van der Waals surface area contributed by atoms with Gasteiger partial charge in [0.15, 0.2) is 0 Å². The average molecular weight is 271 g/mol. The molecule has 1 amide bonds. The van der Waals surface area contributed by atoms with Gasteiger partial charge in [0, 0.05) is 13.0 Å². The Hall–Kier alpha value is -1.59. The average Bonchev–Trinajstić information content (AvgIpc) is 2.35. The van der Waals surface area contributed by atoms with Crippen molar-refractivity contribution in [1.29, 1.82) is 0 Å². The highest BCUT2D eigenvalue weighted by atomic mass is 16.5. The van der Waals surface area contributed by atoms with E-state index < -0.39 is 18.0 Å². The number of hydrogen-bond donors (Lipinski definition) is 1. The smallest absolute Gasteiger partial charge is 0.326 e. The number of amides is 1. The molecule has 108 valence electrons. The van der Waals surface area contributed by atoms with E-state index in [9.17, 15) is 19.5 Å². The Labute approximate surface area is 112 Å². The molecular formula is C13H21NO5. The van der Waals surface area contributed by atoms with Crippen LogP contribution in [0.5, 0.6) is 0 Å². The van der Waals surface area contributed by atoms with E-state index in [0.717, 1.165) is 12.8 Å². The van der Waals surface area contributed by atoms with E-state index in [2.05, 4.69) is 0 Å². The van der Waals surface area contributed by atoms with Gasteiger partial charge in [-0.2, -0.15) is 0 Å². The predicted molar refractivity (Wildman–Crippen MR) is 67.4 cm³/mol. The highest BCUT2D eigenvalue weighted by Crippen LogP contribution is 2.24. The first-order chi connectivity index (χ1) is 8.97. The van der Waals surface area contributed by atoms with Gasteiger partial charge in [-0.1, -0.05) is 6.92 Å². The van der Waals surface area contributed by atoms with Crippen molar-refractivity contribution in [2.45, 2.75) is 45.6 Å². The summed E-state index contributed by atoms with van der Waals surface area (Å²) < 4.78 is 4.75. The molecule has 1 N–H and O–H groups in total. The number of hydrogen-bond acceptors (Lipinski definition) is 4. The van der Waals surface area contributed by atoms with E-state index in [4.69, 9.17) is 4.74 Å². The van der Waals surface area contributed by atoms with E-state index in [1.54, 1.807) is 6.92 Å². The van der Waals surface area contributed by atoms with Crippen molar-refractivity contribution in [3.8, 4) is 0 Å². The molecule has 0 aromatic heterocycles. The van der Waals surface area contributed by atoms with Gasteiger partial charge >= 0.3 is 11.9 Å². The second kappa shape index (κ2) is 7.11. The van der Waals surface area contributed by atoms with Crippen LogP contribution in [0.15, 0.2) is 0 Å². The Morgan fingerprint density at radius 3 is 2.58 bits per heavy atom. The molecule has 1 aliphatic heterocycles. The van der Waals surface area contributed by atoms with Crippen LogP contribution in [-0.4, -0.2) is 47.0 Å². The van der Waals surface area contributed by atoms with Gasteiger partial charge in [0.25, 0.3) is 0 Å². The van der Waals surface area contributed by atoms with E-state index in [1.165, 1.54) is 4.90 Å². The van der Waals surface area contributed by atoms with Crippen LogP contribution in [0.2, 0.25) is 0 Å². The third kappa shape index (κ3) is 4.22. The van der Waals surface area contributed by atoms with E-state index >= 15 is 0 Å². The molecule has 1 rings (SSSR count). The minimum Gasteiger partial charge on any atom is -0.480 e. The molecule has 1 saturated heterocycles. The maximum absolute atomic E-state index is 12.0. The molecule has 2 unspecified atom stereocenters. The Balaban J connectivity index is 2.58. The zero-order chi connectivity index (χ0) is 14.4. The van der Waals surface area contributed by atoms with Crippen molar-refractivity contribution in [2.75, 3.05) is 13.2 Å². The number of likely N-dealkylation sites (tertiary alicyclic amines) is 1. The van der Waals surface area contributed by atoms with Gasteiger partial charge in [0.2, 0.25) is 5.91 Å². The van der Waals surface area contributed by atoms with Crippen LogP contribution < -0.4 is 0 Å². The Kier molecular flexibility index (Phi) is 5.79. The quantitative estimate of drug-likeness (QED) is 0.755. The number of carbonyl (C=O) groups is 3. The van der Waals surface area contributed by atoms with Gasteiger partial charge in [-0.25, -0.2) is 4.79 Å². The molecule has 0 aromatic rings. The van der Waals surface area contributed by atoms with Crippen molar-refractivity contribution in [3.05, 3.63) is 0 Å². The number of carboxylic acids is 1. The number of rotatable bonds is 5. The molecule has 0 aliphatic carbocycles. The molecule has 2 atom stereocenters. The SMILES string of the molecule is CCOC(=O)CCC(=O)N1CCCC(C)C1C(=O)O. The van der Waals surface area contributed by atoms with Crippen LogP contribution in [0, 0.1) is 5.92 Å². The summed E-state index contributed by atoms with van der Waals surface area (Å²) in [5.74, 6) is -1.74. The molecule has 0 saturated carbocycles. The van der Waals surface area contributed by atoms with Crippen molar-refractivity contribution < 1.29 is 24.2 Å². The third-order valence-electron chi connectivity index (χ3n) is 3.35. The maximum atomic E-state index is 12.0. The number of carboxylic acid groups (broad SMARTS) is 1. The van der Waals surface area contributed by atoms with Crippen molar-refractivity contribution in [2.24, 2.45) is 5.92 Å². The number of nitrogens with zero attached hydrogens (tertiary/aromatic N) is 1. The Morgan fingerprint density at radius 2 is 2.00 bits per heavy atom. The monoisotopic (exact) mass is 271 g/mol. The molecule has 0 aromatic carbocycles. The summed E-state index contributed by atoms with van der Waals surface area (Å²) in [6, 6.07) is -0.775. The molecule has 19 heavy (non-hydrogen) atoms. The first-order valence-corrected chi connectivity index (χ1v) is 6.65. The lowest BCUT2D eigenvalue weighted by atomic mass is 9.90. The summed E-state index contributed by atoms with van der Waals surface area (Å²) in [7, 11) is 0. The minimum atomic E-state index is -0.975. The largest absolute Gasteiger partial charge is 0.480 e. The second-order valence-corrected chi connectivity index (χ2v) is 4.79. The fraction of sp³-hybridized carbons (Fsp3) is 0.769. The molecule has 0 bridgehead atoms. The number of ether oxygens (including phenoxy) is 1. The minimum absolute atomic E-state index is 0.00386. The van der Waals surface area contributed by atoms with E-state index in [-0.39, 0.29) is 31.3 Å². The molecule has 0 radical (unpaired) electrons. The molecule has 0 spiro atoms. The Bertz CT molecular complexity index is 355. The number of carbonyl (C=O) groups excluding carboxylic acids is 2. The number of esters is 1. The van der Waals surface area contributed by atoms with Gasteiger partial charge in [-0.05, 0) is 25.7 Å². The first kappa shape index (κ1) is 15.5. The van der Waals surface area contributed by atoms with Crippen molar-refractivity contribution in [1.82, 2.24) is 4.90 Å². The van der Waals surface area contributed by atoms with Gasteiger partial charge in [0.1, 0.15) is 6.04 Å². The fourth-order valence-corrected chi connectivity index (χ4v) is 2.43. The van der Waals surface area contributed by atoms with Gasteiger partial charge in [-0.3, -0.25) is 9.59 Å². The lowest BCUT2D eigenvalue weighted by Crippen LogP contribution is -2.51. The third-order valence-corrected chi connectivity index (χ3v) is 3.35. The van der Waals surface area contributed by atoms with Crippen molar-refractivity contribution >= 4 is 17.8 Å². The summed E-state index contributed by atoms with van der Waals surface area (Å²) in [5.41, 5.74) is 0. The van der Waals surface area contributed by atoms with E-state index in [0.29, 0.717) is 6.54 Å². The zero-order valence-corrected chi connectivity index (χ0v) is 11.4. The lowest BCUT2D eigenvalue weighted by Gasteiger charge is -2.37. The van der Waals surface area contributed by atoms with Gasteiger partial charge in [-0.15, -0.1) is 0 Å². The molecular weight excluding hydrogens is 250 g/mol. The fourth-order valence-electron chi connectivity index (χ4n) is 2.43. The molecule has 1 heterocycles. The topological polar surface area (TPSA) is 83.9 Å². The molecule has 6 heteroatoms. The van der Waals surface area contributed by atoms with Crippen LogP contribution in [-0.2, 0) is 19.1 Å². The number of piperidine rings is 1. The van der Waals surface area contributed by atoms with E-state index in [1.807, 2.05) is 6.92 Å². The summed E-state index contributed by atoms with van der Waals surface area (Å²) in [4.78, 5) is 35.8. The van der Waals surface area contributed by atoms with Crippen LogP contribution >= 0.6 is 0 Å². The second-order valence-electron chi connectivity index (χ2n) is 4.79. The van der Waals surface area contributed by atoms with Crippen LogP contribution in [0.4, 0.5) is 0 Å². The van der Waals surface area contributed by atoms with Gasteiger partial charge in [0.05, 0.1) is 13.0 Å². The van der Waals surface area contributed by atoms with Crippen LogP contribution in [0.25, 0.3) is 0 Å². The summed E-state index contributed by atoms with van der Waals surface area (Å²) in [6.07, 6.45) is 1.62. The molecule has 6 nitrogen and oxygen atoms in total. The highest BCUT2D eigenvalue weighted by Gasteiger charge is 2.36. The van der Waals surface area contributed by atoms with Gasteiger partial charge < -0.3 is 14.7 Å². The van der Waals surface area contributed by atoms with Crippen LogP contribution in [0.1, 0.15) is 39.5 Å². The van der Waals surface area contributed by atoms with Crippen molar-refractivity contribution in [3.63, 3.8) is 0 Å².